The number of nitrogens with one attached hydrogen (secondary N) is 2. The van der Waals surface area contributed by atoms with Gasteiger partial charge in [-0.05, 0) is 43.0 Å². The molecule has 2 heterocycles. The molecule has 0 unspecified atom stereocenters. The van der Waals surface area contributed by atoms with Crippen molar-refractivity contribution in [1.82, 2.24) is 15.5 Å². The molecular weight excluding hydrogens is 464 g/mol. The Labute approximate surface area is 210 Å². The first-order valence-electron chi connectivity index (χ1n) is 11.8. The minimum Gasteiger partial charge on any atom is -0.495 e. The third-order valence-corrected chi connectivity index (χ3v) is 7.02. The largest absolute Gasteiger partial charge is 0.495 e. The molecule has 2 aromatic rings. The summed E-state index contributed by atoms with van der Waals surface area (Å²) >= 11 is 1.64. The minimum absolute atomic E-state index is 0.263. The Kier molecular flexibility index (Phi) is 8.20. The van der Waals surface area contributed by atoms with Crippen molar-refractivity contribution in [2.75, 3.05) is 57.6 Å². The van der Waals surface area contributed by atoms with E-state index in [1.54, 1.807) is 25.8 Å². The lowest BCUT2D eigenvalue weighted by molar-refractivity contribution is -0.139. The summed E-state index contributed by atoms with van der Waals surface area (Å²) in [5.74, 6) is 0.441. The highest BCUT2D eigenvalue weighted by molar-refractivity contribution is 7.98. The Hall–Kier alpha value is -3.17. The number of amides is 2. The molecule has 0 spiro atoms. The second-order valence-corrected chi connectivity index (χ2v) is 9.23. The number of urea groups is 1. The van der Waals surface area contributed by atoms with Crippen LogP contribution in [0.3, 0.4) is 0 Å². The highest BCUT2D eigenvalue weighted by Gasteiger charge is 2.34. The van der Waals surface area contributed by atoms with Crippen molar-refractivity contribution in [3.8, 4) is 5.75 Å². The molecule has 2 amide bonds. The van der Waals surface area contributed by atoms with E-state index in [1.807, 2.05) is 48.7 Å². The van der Waals surface area contributed by atoms with Crippen molar-refractivity contribution in [2.45, 2.75) is 17.9 Å². The molecule has 2 aliphatic rings. The van der Waals surface area contributed by atoms with E-state index in [1.165, 1.54) is 0 Å². The van der Waals surface area contributed by atoms with Gasteiger partial charge in [-0.1, -0.05) is 24.3 Å². The van der Waals surface area contributed by atoms with Crippen molar-refractivity contribution in [1.29, 1.82) is 0 Å². The van der Waals surface area contributed by atoms with E-state index < -0.39 is 12.0 Å². The van der Waals surface area contributed by atoms with Crippen molar-refractivity contribution in [3.05, 3.63) is 65.4 Å². The predicted molar refractivity (Wildman–Crippen MR) is 138 cm³/mol. The van der Waals surface area contributed by atoms with Crippen molar-refractivity contribution < 1.29 is 19.1 Å². The molecule has 0 bridgehead atoms. The molecule has 0 saturated carbocycles. The number of benzene rings is 2. The van der Waals surface area contributed by atoms with Crippen LogP contribution in [0.4, 0.5) is 10.5 Å². The standard InChI is InChI=1S/C26H32N4O4S/c1-4-34-25(31)23-20(27-26(32)28-24(23)18-9-11-19(35-3)12-10-18)17-29-13-15-30(16-14-29)21-7-5-6-8-22(21)33-2/h5-12,24H,4,13-17H2,1-3H3,(H2,27,28,32)/t24-/m1/s1. The summed E-state index contributed by atoms with van der Waals surface area (Å²) in [5.41, 5.74) is 2.97. The van der Waals surface area contributed by atoms with Gasteiger partial charge in [0.05, 0.1) is 31.0 Å². The van der Waals surface area contributed by atoms with Crippen molar-refractivity contribution in [3.63, 3.8) is 0 Å². The van der Waals surface area contributed by atoms with Gasteiger partial charge in [0.25, 0.3) is 0 Å². The van der Waals surface area contributed by atoms with Gasteiger partial charge in [-0.15, -0.1) is 11.8 Å². The molecule has 0 aliphatic carbocycles. The summed E-state index contributed by atoms with van der Waals surface area (Å²) in [4.78, 5) is 31.3. The number of nitrogens with zero attached hydrogens (tertiary/aromatic N) is 2. The number of hydrogen-bond donors (Lipinski definition) is 2. The zero-order valence-electron chi connectivity index (χ0n) is 20.4. The molecule has 8 nitrogen and oxygen atoms in total. The zero-order valence-corrected chi connectivity index (χ0v) is 21.2. The first-order chi connectivity index (χ1) is 17.0. The highest BCUT2D eigenvalue weighted by Crippen LogP contribution is 2.31. The third-order valence-electron chi connectivity index (χ3n) is 6.28. The van der Waals surface area contributed by atoms with Crippen LogP contribution in [0.5, 0.6) is 5.75 Å². The Bertz CT molecular complexity index is 1080. The van der Waals surface area contributed by atoms with Crippen LogP contribution in [0.2, 0.25) is 0 Å². The Balaban J connectivity index is 1.55. The molecule has 1 fully saturated rings. The smallest absolute Gasteiger partial charge is 0.338 e. The maximum absolute atomic E-state index is 13.1. The SMILES string of the molecule is CCOC(=O)C1=C(CN2CCN(c3ccccc3OC)CC2)NC(=O)N[C@@H]1c1ccc(SC)cc1. The van der Waals surface area contributed by atoms with Crippen LogP contribution in [0.15, 0.2) is 64.7 Å². The van der Waals surface area contributed by atoms with Gasteiger partial charge in [-0.25, -0.2) is 9.59 Å². The number of piperazine rings is 1. The third kappa shape index (κ3) is 5.74. The predicted octanol–water partition coefficient (Wildman–Crippen LogP) is 3.41. The number of thioether (sulfide) groups is 1. The summed E-state index contributed by atoms with van der Waals surface area (Å²) in [6.07, 6.45) is 2.01. The molecule has 9 heteroatoms. The molecule has 2 aliphatic heterocycles. The van der Waals surface area contributed by atoms with E-state index in [0.29, 0.717) is 17.8 Å². The van der Waals surface area contributed by atoms with Gasteiger partial charge in [-0.3, -0.25) is 4.90 Å². The molecule has 4 rings (SSSR count). The number of hydrogen-bond acceptors (Lipinski definition) is 7. The first kappa shape index (κ1) is 24.9. The van der Waals surface area contributed by atoms with E-state index in [4.69, 9.17) is 9.47 Å². The van der Waals surface area contributed by atoms with Crippen LogP contribution >= 0.6 is 11.8 Å². The lowest BCUT2D eigenvalue weighted by atomic mass is 9.95. The van der Waals surface area contributed by atoms with Gasteiger partial charge in [0.1, 0.15) is 5.75 Å². The molecule has 2 aromatic carbocycles. The van der Waals surface area contributed by atoms with Crippen LogP contribution in [0, 0.1) is 0 Å². The molecule has 35 heavy (non-hydrogen) atoms. The monoisotopic (exact) mass is 496 g/mol. The highest BCUT2D eigenvalue weighted by atomic mass is 32.2. The number of anilines is 1. The normalized spacial score (nSPS) is 18.7. The molecule has 1 atom stereocenters. The van der Waals surface area contributed by atoms with E-state index in [9.17, 15) is 9.59 Å². The van der Waals surface area contributed by atoms with E-state index >= 15 is 0 Å². The average molecular weight is 497 g/mol. The lowest BCUT2D eigenvalue weighted by Gasteiger charge is -2.38. The summed E-state index contributed by atoms with van der Waals surface area (Å²) < 4.78 is 10.9. The minimum atomic E-state index is -0.566. The maximum atomic E-state index is 13.1. The Morgan fingerprint density at radius 2 is 1.80 bits per heavy atom. The van der Waals surface area contributed by atoms with Crippen LogP contribution in [-0.2, 0) is 9.53 Å². The van der Waals surface area contributed by atoms with Crippen LogP contribution in [-0.4, -0.2) is 69.6 Å². The summed E-state index contributed by atoms with van der Waals surface area (Å²) in [6.45, 7) is 5.71. The van der Waals surface area contributed by atoms with Gasteiger partial charge in [0.2, 0.25) is 0 Å². The second kappa shape index (κ2) is 11.5. The van der Waals surface area contributed by atoms with E-state index in [2.05, 4.69) is 26.5 Å². The molecule has 2 N–H and O–H groups in total. The quantitative estimate of drug-likeness (QED) is 0.428. The van der Waals surface area contributed by atoms with Gasteiger partial charge in [0, 0.05) is 43.3 Å². The lowest BCUT2D eigenvalue weighted by Crippen LogP contribution is -2.51. The molecular formula is C26H32N4O4S. The van der Waals surface area contributed by atoms with Crippen molar-refractivity contribution >= 4 is 29.4 Å². The number of carbonyl (C=O) groups excluding carboxylic acids is 2. The topological polar surface area (TPSA) is 83.1 Å². The van der Waals surface area contributed by atoms with Gasteiger partial charge in [0.15, 0.2) is 0 Å². The van der Waals surface area contributed by atoms with E-state index in [0.717, 1.165) is 48.1 Å². The molecule has 1 saturated heterocycles. The van der Waals surface area contributed by atoms with Crippen molar-refractivity contribution in [2.24, 2.45) is 0 Å². The Morgan fingerprint density at radius 1 is 1.09 bits per heavy atom. The number of rotatable bonds is 8. The molecule has 186 valence electrons. The summed E-state index contributed by atoms with van der Waals surface area (Å²) in [5, 5.41) is 5.80. The van der Waals surface area contributed by atoms with Gasteiger partial charge in [-0.2, -0.15) is 0 Å². The first-order valence-corrected chi connectivity index (χ1v) is 13.0. The molecule has 0 aromatic heterocycles. The van der Waals surface area contributed by atoms with Crippen LogP contribution in [0.1, 0.15) is 18.5 Å². The van der Waals surface area contributed by atoms with Crippen LogP contribution < -0.4 is 20.3 Å². The van der Waals surface area contributed by atoms with Gasteiger partial charge >= 0.3 is 12.0 Å². The number of ether oxygens (including phenoxy) is 2. The van der Waals surface area contributed by atoms with E-state index in [-0.39, 0.29) is 12.6 Å². The fraction of sp³-hybridized carbons (Fsp3) is 0.385. The molecule has 0 radical (unpaired) electrons. The number of para-hydroxylation sites is 2. The number of esters is 1. The second-order valence-electron chi connectivity index (χ2n) is 8.35. The zero-order chi connectivity index (χ0) is 24.8. The fourth-order valence-electron chi connectivity index (χ4n) is 4.50. The number of methoxy groups -OCH3 is 1. The average Bonchev–Trinajstić information content (AvgIpc) is 2.89. The maximum Gasteiger partial charge on any atom is 0.338 e. The van der Waals surface area contributed by atoms with Crippen LogP contribution in [0.25, 0.3) is 0 Å². The summed E-state index contributed by atoms with van der Waals surface area (Å²) in [7, 11) is 1.68. The summed E-state index contributed by atoms with van der Waals surface area (Å²) in [6, 6.07) is 15.0. The fourth-order valence-corrected chi connectivity index (χ4v) is 4.91. The number of carbonyl (C=O) groups is 2. The Morgan fingerprint density at radius 3 is 2.46 bits per heavy atom. The van der Waals surface area contributed by atoms with Gasteiger partial charge < -0.3 is 25.0 Å².